The monoisotopic (exact) mass is 276 g/mol. The molecule has 0 saturated heterocycles. The number of aliphatic carboxylic acids is 1. The molecule has 17 heavy (non-hydrogen) atoms. The third-order valence-corrected chi connectivity index (χ3v) is 2.67. The van der Waals surface area contributed by atoms with E-state index in [2.05, 4.69) is 16.9 Å². The van der Waals surface area contributed by atoms with E-state index in [4.69, 9.17) is 28.3 Å². The molecule has 0 aliphatic heterocycles. The van der Waals surface area contributed by atoms with Crippen LogP contribution in [0.25, 0.3) is 0 Å². The van der Waals surface area contributed by atoms with E-state index >= 15 is 0 Å². The van der Waals surface area contributed by atoms with E-state index in [0.29, 0.717) is 0 Å². The van der Waals surface area contributed by atoms with Crippen LogP contribution in [0.15, 0.2) is 18.7 Å². The van der Waals surface area contributed by atoms with E-state index in [-0.39, 0.29) is 22.3 Å². The fourth-order valence-corrected chi connectivity index (χ4v) is 1.46. The third kappa shape index (κ3) is 3.51. The number of carbonyl (C=O) groups is 2. The van der Waals surface area contributed by atoms with Crippen molar-refractivity contribution in [1.82, 2.24) is 10.3 Å². The summed E-state index contributed by atoms with van der Waals surface area (Å²) in [6, 6.07) is 0.298. The Kier molecular flexibility index (Phi) is 4.60. The lowest BCUT2D eigenvalue weighted by molar-refractivity contribution is -0.139. The molecule has 5 nitrogen and oxygen atoms in total. The van der Waals surface area contributed by atoms with Crippen molar-refractivity contribution in [3.05, 3.63) is 34.6 Å². The van der Waals surface area contributed by atoms with Crippen LogP contribution in [-0.2, 0) is 4.79 Å². The van der Waals surface area contributed by atoms with Crippen molar-refractivity contribution in [3.8, 4) is 0 Å². The molecule has 7 heteroatoms. The highest BCUT2D eigenvalue weighted by molar-refractivity contribution is 6.41. The van der Waals surface area contributed by atoms with E-state index in [1.165, 1.54) is 12.1 Å². The normalized spacial score (nSPS) is 11.9. The largest absolute Gasteiger partial charge is 0.480 e. The van der Waals surface area contributed by atoms with Crippen LogP contribution < -0.4 is 5.32 Å². The Morgan fingerprint density at radius 2 is 2.24 bits per heavy atom. The minimum absolute atomic E-state index is 0.107. The Hall–Kier alpha value is -1.46. The van der Waals surface area contributed by atoms with Gasteiger partial charge in [0.25, 0.3) is 5.91 Å². The van der Waals surface area contributed by atoms with Crippen LogP contribution in [0.5, 0.6) is 0 Å². The van der Waals surface area contributed by atoms with Crippen LogP contribution in [0.3, 0.4) is 0 Å². The average molecular weight is 277 g/mol. The fraction of sp³-hybridized carbons (Fsp3) is 0.200. The molecule has 1 amide bonds. The summed E-state index contributed by atoms with van der Waals surface area (Å²) < 4.78 is 0. The molecule has 1 heterocycles. The Bertz CT molecular complexity index is 437. The van der Waals surface area contributed by atoms with Gasteiger partial charge in [-0.25, -0.2) is 4.79 Å². The zero-order chi connectivity index (χ0) is 13.0. The highest BCUT2D eigenvalue weighted by Crippen LogP contribution is 2.21. The zero-order valence-corrected chi connectivity index (χ0v) is 10.2. The quantitative estimate of drug-likeness (QED) is 0.720. The number of halogens is 2. The Balaban J connectivity index is 2.76. The summed E-state index contributed by atoms with van der Waals surface area (Å²) in [5.41, 5.74) is 0.107. The number of aromatic nitrogens is 1. The van der Waals surface area contributed by atoms with Gasteiger partial charge in [-0.3, -0.25) is 4.79 Å². The minimum atomic E-state index is -1.14. The molecule has 1 rings (SSSR count). The van der Waals surface area contributed by atoms with Gasteiger partial charge in [0.2, 0.25) is 0 Å². The van der Waals surface area contributed by atoms with Crippen LogP contribution in [0, 0.1) is 0 Å². The number of carboxylic acid groups (broad SMARTS) is 1. The number of rotatable bonds is 5. The topological polar surface area (TPSA) is 82.2 Å². The molecule has 1 atom stereocenters. The van der Waals surface area contributed by atoms with Crippen molar-refractivity contribution in [2.75, 3.05) is 0 Å². The Labute approximate surface area is 107 Å². The van der Waals surface area contributed by atoms with Gasteiger partial charge in [-0.15, -0.1) is 6.58 Å². The fourth-order valence-electron chi connectivity index (χ4n) is 1.15. The third-order valence-electron chi connectivity index (χ3n) is 1.98. The first kappa shape index (κ1) is 13.6. The Morgan fingerprint density at radius 3 is 2.65 bits per heavy atom. The summed E-state index contributed by atoms with van der Waals surface area (Å²) in [6.45, 7) is 3.42. The molecule has 0 aliphatic rings. The van der Waals surface area contributed by atoms with Crippen LogP contribution in [0.2, 0.25) is 10.2 Å². The highest BCUT2D eigenvalue weighted by atomic mass is 35.5. The second-order valence-electron chi connectivity index (χ2n) is 3.23. The van der Waals surface area contributed by atoms with E-state index in [1.807, 2.05) is 0 Å². The summed E-state index contributed by atoms with van der Waals surface area (Å²) in [7, 11) is 0. The lowest BCUT2D eigenvalue weighted by Gasteiger charge is -2.11. The van der Waals surface area contributed by atoms with Crippen molar-refractivity contribution in [2.45, 2.75) is 12.5 Å². The molecule has 1 aromatic heterocycles. The number of amides is 1. The lowest BCUT2D eigenvalue weighted by atomic mass is 10.2. The van der Waals surface area contributed by atoms with Gasteiger partial charge in [0.05, 0.1) is 5.02 Å². The van der Waals surface area contributed by atoms with Gasteiger partial charge in [-0.2, -0.15) is 0 Å². The van der Waals surface area contributed by atoms with E-state index in [0.717, 1.165) is 0 Å². The van der Waals surface area contributed by atoms with E-state index in [1.54, 1.807) is 0 Å². The number of nitrogens with one attached hydrogen (secondary N) is 2. The SMILES string of the molecule is C=CCC(NC(=O)c1cc(Cl)c(Cl)[nH]1)C(=O)O. The number of aromatic amines is 1. The summed E-state index contributed by atoms with van der Waals surface area (Å²) in [4.78, 5) is 25.0. The standard InChI is InChI=1S/C10H10Cl2N2O3/c1-2-3-6(10(16)17)14-9(15)7-4-5(11)8(12)13-7/h2,4,6,13H,1,3H2,(H,14,15)(H,16,17). The highest BCUT2D eigenvalue weighted by Gasteiger charge is 2.20. The van der Waals surface area contributed by atoms with Gasteiger partial charge < -0.3 is 15.4 Å². The van der Waals surface area contributed by atoms with Crippen molar-refractivity contribution in [1.29, 1.82) is 0 Å². The first-order valence-electron chi connectivity index (χ1n) is 4.64. The van der Waals surface area contributed by atoms with Crippen molar-refractivity contribution in [3.63, 3.8) is 0 Å². The maximum absolute atomic E-state index is 11.6. The van der Waals surface area contributed by atoms with Crippen molar-refractivity contribution in [2.24, 2.45) is 0 Å². The maximum Gasteiger partial charge on any atom is 0.326 e. The average Bonchev–Trinajstić information content (AvgIpc) is 2.58. The van der Waals surface area contributed by atoms with Gasteiger partial charge in [-0.05, 0) is 12.5 Å². The van der Waals surface area contributed by atoms with Crippen LogP contribution in [-0.4, -0.2) is 28.0 Å². The molecule has 1 unspecified atom stereocenters. The molecule has 3 N–H and O–H groups in total. The first-order valence-corrected chi connectivity index (χ1v) is 5.40. The predicted octanol–water partition coefficient (Wildman–Crippen LogP) is 2.08. The number of hydrogen-bond donors (Lipinski definition) is 3. The molecule has 0 fully saturated rings. The molecule has 0 aromatic carbocycles. The van der Waals surface area contributed by atoms with Gasteiger partial charge in [0, 0.05) is 0 Å². The zero-order valence-electron chi connectivity index (χ0n) is 8.67. The molecule has 1 aromatic rings. The molecule has 0 saturated carbocycles. The van der Waals surface area contributed by atoms with Crippen LogP contribution in [0.4, 0.5) is 0 Å². The van der Waals surface area contributed by atoms with Gasteiger partial charge >= 0.3 is 5.97 Å². The predicted molar refractivity (Wildman–Crippen MR) is 64.5 cm³/mol. The molecule has 0 bridgehead atoms. The van der Waals surface area contributed by atoms with Gasteiger partial charge in [0.1, 0.15) is 16.9 Å². The second-order valence-corrected chi connectivity index (χ2v) is 4.02. The maximum atomic E-state index is 11.6. The van der Waals surface area contributed by atoms with Crippen LogP contribution >= 0.6 is 23.2 Å². The molecular weight excluding hydrogens is 267 g/mol. The van der Waals surface area contributed by atoms with Crippen molar-refractivity contribution >= 4 is 35.1 Å². The van der Waals surface area contributed by atoms with Gasteiger partial charge in [0.15, 0.2) is 0 Å². The Morgan fingerprint density at radius 1 is 1.59 bits per heavy atom. The molecule has 0 aliphatic carbocycles. The number of hydrogen-bond acceptors (Lipinski definition) is 2. The smallest absolute Gasteiger partial charge is 0.326 e. The summed E-state index contributed by atoms with van der Waals surface area (Å²) in [5.74, 6) is -1.73. The number of carboxylic acids is 1. The van der Waals surface area contributed by atoms with Gasteiger partial charge in [-0.1, -0.05) is 29.3 Å². The van der Waals surface area contributed by atoms with Crippen molar-refractivity contribution < 1.29 is 14.7 Å². The lowest BCUT2D eigenvalue weighted by Crippen LogP contribution is -2.40. The first-order chi connectivity index (χ1) is 7.95. The molecule has 0 radical (unpaired) electrons. The van der Waals surface area contributed by atoms with E-state index < -0.39 is 17.9 Å². The van der Waals surface area contributed by atoms with E-state index in [9.17, 15) is 9.59 Å². The van der Waals surface area contributed by atoms with Crippen LogP contribution in [0.1, 0.15) is 16.9 Å². The number of carbonyl (C=O) groups excluding carboxylic acids is 1. The summed E-state index contributed by atoms with van der Waals surface area (Å²) >= 11 is 11.3. The summed E-state index contributed by atoms with van der Waals surface area (Å²) in [5, 5.41) is 11.5. The molecular formula is C10H10Cl2N2O3. The second kappa shape index (κ2) is 5.75. The minimum Gasteiger partial charge on any atom is -0.480 e. The number of H-pyrrole nitrogens is 1. The molecule has 92 valence electrons. The summed E-state index contributed by atoms with van der Waals surface area (Å²) in [6.07, 6.45) is 1.54. The molecule has 0 spiro atoms.